The number of rotatable bonds is 6. The lowest BCUT2D eigenvalue weighted by molar-refractivity contribution is 0.0927. The first-order chi connectivity index (χ1) is 17.4. The molecule has 36 heavy (non-hydrogen) atoms. The molecule has 1 aliphatic rings. The van der Waals surface area contributed by atoms with Crippen LogP contribution in [0.3, 0.4) is 0 Å². The third-order valence-electron chi connectivity index (χ3n) is 6.48. The second-order valence-electron chi connectivity index (χ2n) is 9.05. The molecule has 184 valence electrons. The molecule has 4 aromatic rings. The Labute approximate surface area is 213 Å². The van der Waals surface area contributed by atoms with E-state index < -0.39 is 5.91 Å². The molecule has 0 atom stereocenters. The highest BCUT2D eigenvalue weighted by Gasteiger charge is 2.28. The smallest absolute Gasteiger partial charge is 0.307 e. The number of fused-ring (bicyclic) bond motifs is 1. The van der Waals surface area contributed by atoms with Crippen LogP contribution < -0.4 is 10.7 Å². The first-order valence-electron chi connectivity index (χ1n) is 12.0. The number of hydrogen-bond donors (Lipinski definition) is 2. The fourth-order valence-electron chi connectivity index (χ4n) is 4.63. The normalized spacial score (nSPS) is 13.1. The minimum absolute atomic E-state index is 0.0818. The number of nitrogens with zero attached hydrogens (tertiary/aromatic N) is 2. The quantitative estimate of drug-likeness (QED) is 0.253. The van der Waals surface area contributed by atoms with E-state index in [2.05, 4.69) is 20.4 Å². The molecule has 0 saturated carbocycles. The molecule has 2 N–H and O–H groups in total. The van der Waals surface area contributed by atoms with Crippen LogP contribution >= 0.6 is 11.3 Å². The van der Waals surface area contributed by atoms with Gasteiger partial charge in [0.1, 0.15) is 5.00 Å². The monoisotopic (exact) mass is 500 g/mol. The van der Waals surface area contributed by atoms with Gasteiger partial charge in [-0.05, 0) is 82.3 Å². The number of anilines is 1. The molecule has 0 bridgehead atoms. The lowest BCUT2D eigenvalue weighted by Gasteiger charge is -2.14. The number of aryl methyl sites for hydroxylation is 3. The summed E-state index contributed by atoms with van der Waals surface area (Å²) in [5, 5.41) is 8.16. The van der Waals surface area contributed by atoms with Crippen LogP contribution in [0.4, 0.5) is 5.69 Å². The Hall–Kier alpha value is -3.91. The van der Waals surface area contributed by atoms with Gasteiger partial charge in [0.15, 0.2) is 5.76 Å². The minimum Gasteiger partial charge on any atom is -0.459 e. The molecule has 8 heteroatoms. The van der Waals surface area contributed by atoms with E-state index >= 15 is 0 Å². The lowest BCUT2D eigenvalue weighted by atomic mass is 9.95. The minimum atomic E-state index is -0.411. The van der Waals surface area contributed by atoms with Crippen molar-refractivity contribution < 1.29 is 14.0 Å². The molecule has 0 fully saturated rings. The van der Waals surface area contributed by atoms with E-state index in [1.165, 1.54) is 16.7 Å². The van der Waals surface area contributed by atoms with Gasteiger partial charge in [-0.2, -0.15) is 5.10 Å². The number of carbonyl (C=O) groups excluding carboxylic acids is 2. The first kappa shape index (κ1) is 23.8. The summed E-state index contributed by atoms with van der Waals surface area (Å²) in [5.74, 6) is -0.293. The Morgan fingerprint density at radius 2 is 1.83 bits per heavy atom. The van der Waals surface area contributed by atoms with Crippen molar-refractivity contribution in [1.29, 1.82) is 0 Å². The van der Waals surface area contributed by atoms with Gasteiger partial charge < -0.3 is 14.3 Å². The van der Waals surface area contributed by atoms with Crippen LogP contribution in [0.5, 0.6) is 0 Å². The molecule has 0 aliphatic heterocycles. The second kappa shape index (κ2) is 9.99. The highest BCUT2D eigenvalue weighted by molar-refractivity contribution is 7.15. The Bertz CT molecular complexity index is 1440. The number of aromatic nitrogens is 1. The highest BCUT2D eigenvalue weighted by atomic mass is 32.1. The fourth-order valence-corrected chi connectivity index (χ4v) is 6.13. The SMILES string of the molecule is Cc1ccc(NC(=O)c2c(-n3c(C)cc(/C=N/NC(=O)c4ccco4)c3C)sc3c2CCCC3)cc1. The van der Waals surface area contributed by atoms with Gasteiger partial charge in [0.05, 0.1) is 18.0 Å². The van der Waals surface area contributed by atoms with E-state index in [-0.39, 0.29) is 11.7 Å². The predicted octanol–water partition coefficient (Wildman–Crippen LogP) is 5.95. The van der Waals surface area contributed by atoms with Gasteiger partial charge in [0, 0.05) is 27.5 Å². The van der Waals surface area contributed by atoms with Crippen molar-refractivity contribution in [3.05, 3.63) is 93.0 Å². The van der Waals surface area contributed by atoms with Crippen molar-refractivity contribution in [3.8, 4) is 5.00 Å². The Morgan fingerprint density at radius 1 is 1.06 bits per heavy atom. The van der Waals surface area contributed by atoms with E-state index in [1.807, 2.05) is 51.1 Å². The van der Waals surface area contributed by atoms with Crippen LogP contribution in [0.25, 0.3) is 5.00 Å². The zero-order valence-corrected chi connectivity index (χ0v) is 21.4. The maximum atomic E-state index is 13.6. The van der Waals surface area contributed by atoms with Gasteiger partial charge in [-0.3, -0.25) is 9.59 Å². The molecular weight excluding hydrogens is 472 g/mol. The fraction of sp³-hybridized carbons (Fsp3) is 0.250. The van der Waals surface area contributed by atoms with Crippen LogP contribution in [-0.4, -0.2) is 22.6 Å². The van der Waals surface area contributed by atoms with Crippen LogP contribution in [0, 0.1) is 20.8 Å². The van der Waals surface area contributed by atoms with Gasteiger partial charge in [-0.1, -0.05) is 17.7 Å². The number of carbonyl (C=O) groups is 2. The molecule has 0 unspecified atom stereocenters. The first-order valence-corrected chi connectivity index (χ1v) is 12.8. The van der Waals surface area contributed by atoms with E-state index in [4.69, 9.17) is 4.42 Å². The standard InChI is InChI=1S/C28H28N4O3S/c1-17-10-12-21(13-11-17)30-27(34)25-22-7-4-5-9-24(22)36-28(25)32-18(2)15-20(19(32)3)16-29-31-26(33)23-8-6-14-35-23/h6,8,10-16H,4-5,7,9H2,1-3H3,(H,30,34)(H,31,33)/b29-16+. The van der Waals surface area contributed by atoms with Gasteiger partial charge in [0.25, 0.3) is 5.91 Å². The van der Waals surface area contributed by atoms with Gasteiger partial charge in [0.2, 0.25) is 0 Å². The van der Waals surface area contributed by atoms with Crippen molar-refractivity contribution in [2.45, 2.75) is 46.5 Å². The molecule has 1 aliphatic carbocycles. The summed E-state index contributed by atoms with van der Waals surface area (Å²) in [6, 6.07) is 13.1. The molecular formula is C28H28N4O3S. The van der Waals surface area contributed by atoms with Crippen molar-refractivity contribution in [1.82, 2.24) is 9.99 Å². The van der Waals surface area contributed by atoms with Gasteiger partial charge in [-0.15, -0.1) is 11.3 Å². The third kappa shape index (κ3) is 4.64. The van der Waals surface area contributed by atoms with Crippen molar-refractivity contribution in [2.24, 2.45) is 5.10 Å². The Morgan fingerprint density at radius 3 is 2.58 bits per heavy atom. The number of thiophene rings is 1. The molecule has 5 rings (SSSR count). The zero-order valence-electron chi connectivity index (χ0n) is 20.6. The molecule has 0 spiro atoms. The molecule has 7 nitrogen and oxygen atoms in total. The Balaban J connectivity index is 1.48. The predicted molar refractivity (Wildman–Crippen MR) is 143 cm³/mol. The summed E-state index contributed by atoms with van der Waals surface area (Å²) in [5.41, 5.74) is 9.16. The summed E-state index contributed by atoms with van der Waals surface area (Å²) in [4.78, 5) is 27.0. The van der Waals surface area contributed by atoms with Gasteiger partial charge >= 0.3 is 5.91 Å². The summed E-state index contributed by atoms with van der Waals surface area (Å²) in [6.07, 6.45) is 7.21. The van der Waals surface area contributed by atoms with Crippen molar-refractivity contribution in [3.63, 3.8) is 0 Å². The zero-order chi connectivity index (χ0) is 25.2. The van der Waals surface area contributed by atoms with E-state index in [0.717, 1.165) is 64.4 Å². The average molecular weight is 501 g/mol. The number of amides is 2. The van der Waals surface area contributed by atoms with E-state index in [1.54, 1.807) is 29.7 Å². The number of hydrazone groups is 1. The van der Waals surface area contributed by atoms with Crippen LogP contribution in [-0.2, 0) is 12.8 Å². The van der Waals surface area contributed by atoms with Gasteiger partial charge in [-0.25, -0.2) is 5.43 Å². The summed E-state index contributed by atoms with van der Waals surface area (Å²) < 4.78 is 7.23. The number of benzene rings is 1. The van der Waals surface area contributed by atoms with Crippen molar-refractivity contribution >= 4 is 35.1 Å². The maximum Gasteiger partial charge on any atom is 0.307 e. The second-order valence-corrected chi connectivity index (χ2v) is 10.1. The highest BCUT2D eigenvalue weighted by Crippen LogP contribution is 2.39. The molecule has 0 saturated heterocycles. The van der Waals surface area contributed by atoms with E-state index in [9.17, 15) is 9.59 Å². The van der Waals surface area contributed by atoms with Crippen molar-refractivity contribution in [2.75, 3.05) is 5.32 Å². The average Bonchev–Trinajstić information content (AvgIpc) is 3.58. The lowest BCUT2D eigenvalue weighted by Crippen LogP contribution is -2.17. The van der Waals surface area contributed by atoms with Crippen LogP contribution in [0.15, 0.2) is 58.2 Å². The van der Waals surface area contributed by atoms with E-state index in [0.29, 0.717) is 0 Å². The summed E-state index contributed by atoms with van der Waals surface area (Å²) in [6.45, 7) is 6.05. The molecule has 0 radical (unpaired) electrons. The number of nitrogens with one attached hydrogen (secondary N) is 2. The Kier molecular flexibility index (Phi) is 6.61. The molecule has 2 amide bonds. The van der Waals surface area contributed by atoms with Crippen LogP contribution in [0.2, 0.25) is 0 Å². The number of furan rings is 1. The topological polar surface area (TPSA) is 88.6 Å². The largest absolute Gasteiger partial charge is 0.459 e. The summed E-state index contributed by atoms with van der Waals surface area (Å²) >= 11 is 1.70. The molecule has 3 heterocycles. The number of hydrogen-bond acceptors (Lipinski definition) is 5. The van der Waals surface area contributed by atoms with Crippen LogP contribution in [0.1, 0.15) is 66.7 Å². The third-order valence-corrected chi connectivity index (χ3v) is 7.75. The molecule has 3 aromatic heterocycles. The summed E-state index contributed by atoms with van der Waals surface area (Å²) in [7, 11) is 0. The molecule has 1 aromatic carbocycles. The maximum absolute atomic E-state index is 13.6.